The molecule has 3 nitrogen and oxygen atoms in total. The highest BCUT2D eigenvalue weighted by molar-refractivity contribution is 5.80. The molecule has 0 fully saturated rings. The minimum absolute atomic E-state index is 0.618. The molecule has 0 amide bonds. The summed E-state index contributed by atoms with van der Waals surface area (Å²) >= 11 is 0. The summed E-state index contributed by atoms with van der Waals surface area (Å²) in [6, 6.07) is 0. The van der Waals surface area contributed by atoms with E-state index in [1.807, 2.05) is 13.8 Å². The highest BCUT2D eigenvalue weighted by atomic mass is 16.6. The lowest BCUT2D eigenvalue weighted by atomic mass is 10.3. The van der Waals surface area contributed by atoms with E-state index in [0.29, 0.717) is 5.70 Å². The minimum Gasteiger partial charge on any atom is -0.400 e. The number of oxime groups is 1. The van der Waals surface area contributed by atoms with Crippen LogP contribution in [0.5, 0.6) is 0 Å². The lowest BCUT2D eigenvalue weighted by Gasteiger charge is -1.93. The van der Waals surface area contributed by atoms with Crippen molar-refractivity contribution in [3.8, 4) is 0 Å². The summed E-state index contributed by atoms with van der Waals surface area (Å²) in [6.45, 7) is 5.66. The molecule has 0 radical (unpaired) electrons. The van der Waals surface area contributed by atoms with Gasteiger partial charge < -0.3 is 10.6 Å². The fourth-order valence-electron chi connectivity index (χ4n) is 0.264. The molecule has 0 aliphatic rings. The number of hydrogen-bond donors (Lipinski definition) is 1. The molecule has 0 atom stereocenters. The summed E-state index contributed by atoms with van der Waals surface area (Å²) in [5.41, 5.74) is 6.86. The zero-order valence-electron chi connectivity index (χ0n) is 6.72. The van der Waals surface area contributed by atoms with Gasteiger partial charge in [0.25, 0.3) is 0 Å². The third-order valence-corrected chi connectivity index (χ3v) is 0.959. The molecule has 0 aromatic heterocycles. The molecule has 0 aliphatic carbocycles. The van der Waals surface area contributed by atoms with Gasteiger partial charge in [0.1, 0.15) is 6.26 Å². The standard InChI is InChI=1S/C7H14N2O/c1-4-7(3)9-10-5-6(2)8/h5H,4,8H2,1-3H3/b6-5+,9-7-. The second kappa shape index (κ2) is 4.85. The SMILES string of the molecule is CC/C(C)=N\O/C=C(\C)N. The van der Waals surface area contributed by atoms with E-state index < -0.39 is 0 Å². The van der Waals surface area contributed by atoms with Gasteiger partial charge in [-0.3, -0.25) is 0 Å². The molecule has 0 aromatic rings. The molecule has 0 aliphatic heterocycles. The van der Waals surface area contributed by atoms with Crippen molar-refractivity contribution in [3.05, 3.63) is 12.0 Å². The summed E-state index contributed by atoms with van der Waals surface area (Å²) in [5.74, 6) is 0. The van der Waals surface area contributed by atoms with Crippen molar-refractivity contribution in [2.24, 2.45) is 10.9 Å². The van der Waals surface area contributed by atoms with Crippen LogP contribution < -0.4 is 5.73 Å². The van der Waals surface area contributed by atoms with Gasteiger partial charge in [0, 0.05) is 5.70 Å². The molecule has 0 heterocycles. The average Bonchev–Trinajstić information content (AvgIpc) is 1.87. The van der Waals surface area contributed by atoms with Gasteiger partial charge in [0.15, 0.2) is 0 Å². The molecular weight excluding hydrogens is 128 g/mol. The predicted octanol–water partition coefficient (Wildman–Crippen LogP) is 1.61. The Balaban J connectivity index is 3.63. The molecule has 0 saturated carbocycles. The summed E-state index contributed by atoms with van der Waals surface area (Å²) in [4.78, 5) is 4.75. The molecule has 0 saturated heterocycles. The van der Waals surface area contributed by atoms with E-state index in [-0.39, 0.29) is 0 Å². The Hall–Kier alpha value is -0.990. The van der Waals surface area contributed by atoms with Crippen LogP contribution in [-0.2, 0) is 4.84 Å². The van der Waals surface area contributed by atoms with E-state index in [1.165, 1.54) is 6.26 Å². The number of allylic oxidation sites excluding steroid dienone is 1. The van der Waals surface area contributed by atoms with Gasteiger partial charge >= 0.3 is 0 Å². The number of nitrogens with zero attached hydrogens (tertiary/aromatic N) is 1. The van der Waals surface area contributed by atoms with Crippen LogP contribution in [0.15, 0.2) is 17.1 Å². The third-order valence-electron chi connectivity index (χ3n) is 0.959. The molecule has 0 rings (SSSR count). The fraction of sp³-hybridized carbons (Fsp3) is 0.571. The van der Waals surface area contributed by atoms with E-state index in [0.717, 1.165) is 12.1 Å². The first kappa shape index (κ1) is 9.01. The molecule has 0 spiro atoms. The lowest BCUT2D eigenvalue weighted by Crippen LogP contribution is -1.92. The maximum Gasteiger partial charge on any atom is 0.140 e. The van der Waals surface area contributed by atoms with Crippen molar-refractivity contribution in [1.82, 2.24) is 0 Å². The average molecular weight is 142 g/mol. The Morgan fingerprint density at radius 2 is 2.20 bits per heavy atom. The zero-order valence-corrected chi connectivity index (χ0v) is 6.72. The van der Waals surface area contributed by atoms with E-state index in [4.69, 9.17) is 10.6 Å². The van der Waals surface area contributed by atoms with Crippen LogP contribution in [0.2, 0.25) is 0 Å². The van der Waals surface area contributed by atoms with E-state index >= 15 is 0 Å². The number of nitrogens with two attached hydrogens (primary N) is 1. The van der Waals surface area contributed by atoms with Crippen LogP contribution in [0, 0.1) is 0 Å². The monoisotopic (exact) mass is 142 g/mol. The largest absolute Gasteiger partial charge is 0.400 e. The van der Waals surface area contributed by atoms with Crippen LogP contribution in [0.25, 0.3) is 0 Å². The van der Waals surface area contributed by atoms with E-state index in [2.05, 4.69) is 5.16 Å². The smallest absolute Gasteiger partial charge is 0.140 e. The van der Waals surface area contributed by atoms with Crippen molar-refractivity contribution in [1.29, 1.82) is 0 Å². The highest BCUT2D eigenvalue weighted by Gasteiger charge is 1.83. The van der Waals surface area contributed by atoms with Crippen molar-refractivity contribution < 1.29 is 4.84 Å². The van der Waals surface area contributed by atoms with Crippen LogP contribution in [0.4, 0.5) is 0 Å². The van der Waals surface area contributed by atoms with Crippen molar-refractivity contribution in [3.63, 3.8) is 0 Å². The lowest BCUT2D eigenvalue weighted by molar-refractivity contribution is 0.263. The Kier molecular flexibility index (Phi) is 4.37. The Morgan fingerprint density at radius 3 is 2.60 bits per heavy atom. The Bertz CT molecular complexity index is 146. The molecule has 58 valence electrons. The summed E-state index contributed by atoms with van der Waals surface area (Å²) in [6.07, 6.45) is 2.32. The molecular formula is C7H14N2O. The maximum atomic E-state index is 5.29. The Morgan fingerprint density at radius 1 is 1.60 bits per heavy atom. The second-order valence-electron chi connectivity index (χ2n) is 2.15. The second-order valence-corrected chi connectivity index (χ2v) is 2.15. The maximum absolute atomic E-state index is 5.29. The van der Waals surface area contributed by atoms with Crippen molar-refractivity contribution >= 4 is 5.71 Å². The minimum atomic E-state index is 0.618. The molecule has 0 aromatic carbocycles. The molecule has 10 heavy (non-hydrogen) atoms. The van der Waals surface area contributed by atoms with Crippen LogP contribution in [-0.4, -0.2) is 5.71 Å². The predicted molar refractivity (Wildman–Crippen MR) is 42.4 cm³/mol. The zero-order chi connectivity index (χ0) is 7.98. The van der Waals surface area contributed by atoms with Gasteiger partial charge in [0.05, 0.1) is 5.71 Å². The summed E-state index contributed by atoms with van der Waals surface area (Å²) in [5, 5.41) is 3.74. The first-order valence-electron chi connectivity index (χ1n) is 3.28. The first-order valence-corrected chi connectivity index (χ1v) is 3.28. The van der Waals surface area contributed by atoms with Gasteiger partial charge in [-0.15, -0.1) is 0 Å². The Labute approximate surface area is 61.5 Å². The topological polar surface area (TPSA) is 47.6 Å². The third kappa shape index (κ3) is 5.15. The van der Waals surface area contributed by atoms with Gasteiger partial charge in [-0.1, -0.05) is 12.1 Å². The van der Waals surface area contributed by atoms with Crippen molar-refractivity contribution in [2.45, 2.75) is 27.2 Å². The summed E-state index contributed by atoms with van der Waals surface area (Å²) in [7, 11) is 0. The molecule has 3 heteroatoms. The van der Waals surface area contributed by atoms with Crippen molar-refractivity contribution in [2.75, 3.05) is 0 Å². The summed E-state index contributed by atoms with van der Waals surface area (Å²) < 4.78 is 0. The molecule has 2 N–H and O–H groups in total. The van der Waals surface area contributed by atoms with Crippen LogP contribution >= 0.6 is 0 Å². The number of rotatable bonds is 3. The molecule has 0 bridgehead atoms. The van der Waals surface area contributed by atoms with Gasteiger partial charge in [-0.05, 0) is 20.3 Å². The van der Waals surface area contributed by atoms with Gasteiger partial charge in [-0.25, -0.2) is 0 Å². The van der Waals surface area contributed by atoms with E-state index in [1.54, 1.807) is 6.92 Å². The molecule has 0 unspecified atom stereocenters. The quantitative estimate of drug-likeness (QED) is 0.369. The number of hydrogen-bond acceptors (Lipinski definition) is 3. The normalized spacial score (nSPS) is 13.5. The fourth-order valence-corrected chi connectivity index (χ4v) is 0.264. The van der Waals surface area contributed by atoms with E-state index in [9.17, 15) is 0 Å². The van der Waals surface area contributed by atoms with Gasteiger partial charge in [0.2, 0.25) is 0 Å². The first-order chi connectivity index (χ1) is 4.66. The van der Waals surface area contributed by atoms with Gasteiger partial charge in [-0.2, -0.15) is 0 Å². The highest BCUT2D eigenvalue weighted by Crippen LogP contribution is 1.88. The van der Waals surface area contributed by atoms with Crippen LogP contribution in [0.1, 0.15) is 27.2 Å². The van der Waals surface area contributed by atoms with Crippen LogP contribution in [0.3, 0.4) is 0 Å².